The average molecular weight is 449 g/mol. The van der Waals surface area contributed by atoms with Crippen molar-refractivity contribution in [3.05, 3.63) is 65.0 Å². The van der Waals surface area contributed by atoms with E-state index in [1.807, 2.05) is 0 Å². The number of halogens is 3. The second-order valence-electron chi connectivity index (χ2n) is 6.93. The van der Waals surface area contributed by atoms with Crippen molar-refractivity contribution in [1.82, 2.24) is 5.16 Å². The van der Waals surface area contributed by atoms with Crippen LogP contribution in [0.15, 0.2) is 47.0 Å². The Kier molecular flexibility index (Phi) is 6.92. The third-order valence-electron chi connectivity index (χ3n) is 4.63. The summed E-state index contributed by atoms with van der Waals surface area (Å²) >= 11 is 0. The molecule has 7 nitrogen and oxygen atoms in total. The minimum atomic E-state index is -4.39. The highest BCUT2D eigenvalue weighted by atomic mass is 19.4. The number of methoxy groups -OCH3 is 1. The Morgan fingerprint density at radius 3 is 2.44 bits per heavy atom. The lowest BCUT2D eigenvalue weighted by Gasteiger charge is -2.15. The molecule has 0 aliphatic carbocycles. The first-order chi connectivity index (χ1) is 15.2. The maximum atomic E-state index is 12.7. The molecule has 0 aliphatic rings. The van der Waals surface area contributed by atoms with Gasteiger partial charge in [-0.3, -0.25) is 4.79 Å². The molecule has 0 saturated carbocycles. The first-order valence-electron chi connectivity index (χ1n) is 9.61. The molecule has 0 saturated heterocycles. The number of rotatable bonds is 8. The van der Waals surface area contributed by atoms with Crippen LogP contribution in [0.4, 0.5) is 24.5 Å². The zero-order valence-electron chi connectivity index (χ0n) is 17.7. The third-order valence-corrected chi connectivity index (χ3v) is 4.63. The fourth-order valence-electron chi connectivity index (χ4n) is 2.92. The molecule has 0 unspecified atom stereocenters. The molecule has 3 aromatic rings. The Morgan fingerprint density at radius 1 is 1.09 bits per heavy atom. The van der Waals surface area contributed by atoms with Gasteiger partial charge < -0.3 is 24.6 Å². The highest BCUT2D eigenvalue weighted by Gasteiger charge is 2.27. The molecule has 2 aromatic carbocycles. The second-order valence-corrected chi connectivity index (χ2v) is 6.93. The number of amides is 1. The Balaban J connectivity index is 1.73. The van der Waals surface area contributed by atoms with Crippen molar-refractivity contribution in [2.45, 2.75) is 26.6 Å². The van der Waals surface area contributed by atoms with Gasteiger partial charge >= 0.3 is 6.18 Å². The summed E-state index contributed by atoms with van der Waals surface area (Å²) in [6.45, 7) is 2.58. The van der Waals surface area contributed by atoms with E-state index >= 15 is 0 Å². The van der Waals surface area contributed by atoms with Gasteiger partial charge in [-0.2, -0.15) is 13.2 Å². The average Bonchev–Trinajstić information content (AvgIpc) is 3.08. The molecule has 3 rings (SSSR count). The third kappa shape index (κ3) is 5.71. The smallest absolute Gasteiger partial charge is 0.405 e. The van der Waals surface area contributed by atoms with E-state index in [9.17, 15) is 18.0 Å². The minimum Gasteiger partial charge on any atom is -0.493 e. The molecule has 1 aromatic heterocycles. The molecule has 0 radical (unpaired) electrons. The van der Waals surface area contributed by atoms with Gasteiger partial charge in [0.2, 0.25) is 0 Å². The number of para-hydroxylation sites is 2. The summed E-state index contributed by atoms with van der Waals surface area (Å²) in [6.07, 6.45) is -4.39. The molecule has 2 N–H and O–H groups in total. The molecule has 0 aliphatic heterocycles. The lowest BCUT2D eigenvalue weighted by molar-refractivity contribution is -0.115. The highest BCUT2D eigenvalue weighted by Crippen LogP contribution is 2.30. The molecule has 1 heterocycles. The van der Waals surface area contributed by atoms with E-state index in [1.165, 1.54) is 31.4 Å². The van der Waals surface area contributed by atoms with E-state index in [1.54, 1.807) is 32.0 Å². The van der Waals surface area contributed by atoms with Crippen molar-refractivity contribution < 1.29 is 32.0 Å². The maximum absolute atomic E-state index is 12.7. The van der Waals surface area contributed by atoms with Gasteiger partial charge in [-0.25, -0.2) is 0 Å². The normalized spacial score (nSPS) is 11.2. The van der Waals surface area contributed by atoms with Crippen molar-refractivity contribution in [1.29, 1.82) is 0 Å². The van der Waals surface area contributed by atoms with Crippen LogP contribution in [0.3, 0.4) is 0 Å². The van der Waals surface area contributed by atoms with Crippen LogP contribution in [0.2, 0.25) is 0 Å². The number of nitrogens with one attached hydrogen (secondary N) is 2. The predicted molar refractivity (Wildman–Crippen MR) is 112 cm³/mol. The van der Waals surface area contributed by atoms with Crippen LogP contribution in [0.5, 0.6) is 11.5 Å². The molecular formula is C22H22F3N3O4. The van der Waals surface area contributed by atoms with Crippen molar-refractivity contribution in [2.75, 3.05) is 24.3 Å². The van der Waals surface area contributed by atoms with E-state index in [2.05, 4.69) is 15.8 Å². The van der Waals surface area contributed by atoms with E-state index in [-0.39, 0.29) is 23.5 Å². The monoisotopic (exact) mass is 449 g/mol. The molecule has 1 amide bonds. The SMILES string of the molecule is COc1cc(C(=O)Nc2ccccc2NCC(F)(F)F)ccc1OCc1c(C)noc1C. The number of benzene rings is 2. The topological polar surface area (TPSA) is 85.6 Å². The van der Waals surface area contributed by atoms with E-state index in [0.29, 0.717) is 17.3 Å². The molecule has 10 heteroatoms. The van der Waals surface area contributed by atoms with Crippen molar-refractivity contribution in [2.24, 2.45) is 0 Å². The highest BCUT2D eigenvalue weighted by molar-refractivity contribution is 6.06. The van der Waals surface area contributed by atoms with Gasteiger partial charge in [-0.05, 0) is 44.2 Å². The number of hydrogen-bond donors (Lipinski definition) is 2. The standard InChI is InChI=1S/C22H22F3N3O4/c1-13-16(14(2)32-28-13)11-31-19-9-8-15(10-20(19)30-3)21(29)27-18-7-5-4-6-17(18)26-12-22(23,24)25/h4-10,26H,11-12H2,1-3H3,(H,27,29). The first-order valence-corrected chi connectivity index (χ1v) is 9.61. The summed E-state index contributed by atoms with van der Waals surface area (Å²) in [4.78, 5) is 12.7. The van der Waals surface area contributed by atoms with Crippen molar-refractivity contribution in [3.8, 4) is 11.5 Å². The summed E-state index contributed by atoms with van der Waals surface area (Å²) < 4.78 is 53.8. The van der Waals surface area contributed by atoms with E-state index in [0.717, 1.165) is 11.3 Å². The molecule has 0 fully saturated rings. The number of alkyl halides is 3. The molecule has 0 atom stereocenters. The van der Waals surface area contributed by atoms with Crippen molar-refractivity contribution >= 4 is 17.3 Å². The minimum absolute atomic E-state index is 0.157. The zero-order chi connectivity index (χ0) is 23.3. The summed E-state index contributed by atoms with van der Waals surface area (Å²) in [7, 11) is 1.44. The Bertz CT molecular complexity index is 1080. The van der Waals surface area contributed by atoms with Gasteiger partial charge in [0.1, 0.15) is 18.9 Å². The lowest BCUT2D eigenvalue weighted by Crippen LogP contribution is -2.22. The summed E-state index contributed by atoms with van der Waals surface area (Å²) in [5.74, 6) is 0.876. The fraction of sp³-hybridized carbons (Fsp3) is 0.273. The van der Waals surface area contributed by atoms with Gasteiger partial charge in [-0.1, -0.05) is 17.3 Å². The van der Waals surface area contributed by atoms with Crippen LogP contribution < -0.4 is 20.1 Å². The van der Waals surface area contributed by atoms with Gasteiger partial charge in [0.15, 0.2) is 11.5 Å². The Morgan fingerprint density at radius 2 is 1.81 bits per heavy atom. The van der Waals surface area contributed by atoms with Crippen LogP contribution in [-0.2, 0) is 6.61 Å². The number of carbonyl (C=O) groups is 1. The quantitative estimate of drug-likeness (QED) is 0.497. The summed E-state index contributed by atoms with van der Waals surface area (Å²) in [6, 6.07) is 10.8. The van der Waals surface area contributed by atoms with E-state index in [4.69, 9.17) is 14.0 Å². The van der Waals surface area contributed by atoms with Crippen LogP contribution in [0.1, 0.15) is 27.4 Å². The largest absolute Gasteiger partial charge is 0.493 e. The Labute approximate surface area is 182 Å². The fourth-order valence-corrected chi connectivity index (χ4v) is 2.92. The number of ether oxygens (including phenoxy) is 2. The predicted octanol–water partition coefficient (Wildman–Crippen LogP) is 5.11. The maximum Gasteiger partial charge on any atom is 0.405 e. The van der Waals surface area contributed by atoms with E-state index < -0.39 is 18.6 Å². The van der Waals surface area contributed by atoms with Crippen LogP contribution in [0.25, 0.3) is 0 Å². The van der Waals surface area contributed by atoms with Crippen LogP contribution in [0, 0.1) is 13.8 Å². The van der Waals surface area contributed by atoms with Crippen LogP contribution in [-0.4, -0.2) is 30.9 Å². The first kappa shape index (κ1) is 23.0. The lowest BCUT2D eigenvalue weighted by atomic mass is 10.1. The summed E-state index contributed by atoms with van der Waals surface area (Å²) in [5.41, 5.74) is 2.16. The molecule has 0 spiro atoms. The number of anilines is 2. The van der Waals surface area contributed by atoms with Crippen LogP contribution >= 0.6 is 0 Å². The molecule has 0 bridgehead atoms. The molecule has 32 heavy (non-hydrogen) atoms. The molecule has 170 valence electrons. The Hall–Kier alpha value is -3.69. The number of carbonyl (C=O) groups excluding carboxylic acids is 1. The number of nitrogens with zero attached hydrogens (tertiary/aromatic N) is 1. The summed E-state index contributed by atoms with van der Waals surface area (Å²) in [5, 5.41) is 8.78. The number of aromatic nitrogens is 1. The number of aryl methyl sites for hydroxylation is 2. The van der Waals surface area contributed by atoms with Crippen molar-refractivity contribution in [3.63, 3.8) is 0 Å². The van der Waals surface area contributed by atoms with Gasteiger partial charge in [0, 0.05) is 5.56 Å². The van der Waals surface area contributed by atoms with Gasteiger partial charge in [0.25, 0.3) is 5.91 Å². The number of hydrogen-bond acceptors (Lipinski definition) is 6. The second kappa shape index (κ2) is 9.63. The van der Waals surface area contributed by atoms with Gasteiger partial charge in [-0.15, -0.1) is 0 Å². The zero-order valence-corrected chi connectivity index (χ0v) is 17.7. The molecular weight excluding hydrogens is 427 g/mol. The van der Waals surface area contributed by atoms with Gasteiger partial charge in [0.05, 0.1) is 29.7 Å².